The molecule has 4 nitrogen and oxygen atoms in total. The minimum absolute atomic E-state index is 0.148. The van der Waals surface area contributed by atoms with E-state index >= 15 is 0 Å². The predicted molar refractivity (Wildman–Crippen MR) is 100 cm³/mol. The number of hydrogen-bond acceptors (Lipinski definition) is 3. The van der Waals surface area contributed by atoms with Crippen LogP contribution in [0.5, 0.6) is 0 Å². The number of amides is 1. The summed E-state index contributed by atoms with van der Waals surface area (Å²) in [7, 11) is 0. The van der Waals surface area contributed by atoms with Gasteiger partial charge < -0.3 is 10.0 Å². The SMILES string of the molecule is CC1CN(C(=O)C2(c3cccc(F)c3)CCCC2)CCN1CC(C)(C)O. The molecule has 144 valence electrons. The van der Waals surface area contributed by atoms with E-state index in [1.54, 1.807) is 6.07 Å². The van der Waals surface area contributed by atoms with Crippen LogP contribution in [0.4, 0.5) is 4.39 Å². The smallest absolute Gasteiger partial charge is 0.233 e. The van der Waals surface area contributed by atoms with Crippen LogP contribution in [-0.2, 0) is 10.2 Å². The first-order valence-corrected chi connectivity index (χ1v) is 9.73. The van der Waals surface area contributed by atoms with Crippen LogP contribution < -0.4 is 0 Å². The highest BCUT2D eigenvalue weighted by Gasteiger charge is 2.46. The number of rotatable bonds is 4. The number of hydrogen-bond donors (Lipinski definition) is 1. The van der Waals surface area contributed by atoms with Gasteiger partial charge in [-0.1, -0.05) is 25.0 Å². The lowest BCUT2D eigenvalue weighted by molar-refractivity contribution is -0.140. The molecule has 0 radical (unpaired) electrons. The quantitative estimate of drug-likeness (QED) is 0.896. The molecule has 1 aliphatic heterocycles. The minimum atomic E-state index is -0.741. The number of carbonyl (C=O) groups excluding carboxylic acids is 1. The molecule has 3 rings (SSSR count). The van der Waals surface area contributed by atoms with Crippen LogP contribution in [0.3, 0.4) is 0 Å². The van der Waals surface area contributed by atoms with E-state index in [0.29, 0.717) is 19.6 Å². The van der Waals surface area contributed by atoms with Crippen LogP contribution in [0.15, 0.2) is 24.3 Å². The fourth-order valence-electron chi connectivity index (χ4n) is 4.60. The van der Waals surface area contributed by atoms with Crippen LogP contribution in [0.25, 0.3) is 0 Å². The summed E-state index contributed by atoms with van der Waals surface area (Å²) >= 11 is 0. The first-order chi connectivity index (χ1) is 12.2. The average Bonchev–Trinajstić information content (AvgIpc) is 3.06. The number of β-amino-alcohol motifs (C(OH)–C–C–N with tert-alkyl or cyclic N) is 1. The largest absolute Gasteiger partial charge is 0.389 e. The molecule has 1 atom stereocenters. The van der Waals surface area contributed by atoms with Gasteiger partial charge >= 0.3 is 0 Å². The molecule has 0 aromatic heterocycles. The van der Waals surface area contributed by atoms with Crippen molar-refractivity contribution in [1.82, 2.24) is 9.80 Å². The van der Waals surface area contributed by atoms with Gasteiger partial charge in [0, 0.05) is 32.2 Å². The molecule has 1 aromatic rings. The average molecular weight is 362 g/mol. The van der Waals surface area contributed by atoms with Gasteiger partial charge in [-0.2, -0.15) is 0 Å². The first-order valence-electron chi connectivity index (χ1n) is 9.73. The second kappa shape index (κ2) is 7.28. The third kappa shape index (κ3) is 3.94. The number of piperazine rings is 1. The van der Waals surface area contributed by atoms with Gasteiger partial charge in [-0.25, -0.2) is 4.39 Å². The second-order valence-corrected chi connectivity index (χ2v) is 8.68. The van der Waals surface area contributed by atoms with Crippen LogP contribution in [0.1, 0.15) is 52.0 Å². The molecule has 1 saturated carbocycles. The minimum Gasteiger partial charge on any atom is -0.389 e. The molecule has 0 spiro atoms. The fraction of sp³-hybridized carbons (Fsp3) is 0.667. The highest BCUT2D eigenvalue weighted by atomic mass is 19.1. The van der Waals surface area contributed by atoms with E-state index in [1.807, 2.05) is 24.8 Å². The Labute approximate surface area is 156 Å². The van der Waals surface area contributed by atoms with Gasteiger partial charge in [-0.3, -0.25) is 9.69 Å². The Bertz CT molecular complexity index is 650. The van der Waals surface area contributed by atoms with Gasteiger partial charge in [0.2, 0.25) is 5.91 Å². The zero-order chi connectivity index (χ0) is 18.9. The van der Waals surface area contributed by atoms with Gasteiger partial charge in [0.1, 0.15) is 5.82 Å². The normalized spacial score (nSPS) is 24.0. The molecule has 1 unspecified atom stereocenters. The maximum atomic E-state index is 13.8. The molecule has 1 aliphatic carbocycles. The van der Waals surface area contributed by atoms with Crippen molar-refractivity contribution in [3.8, 4) is 0 Å². The molecule has 0 bridgehead atoms. The van der Waals surface area contributed by atoms with E-state index in [9.17, 15) is 14.3 Å². The van der Waals surface area contributed by atoms with Crippen molar-refractivity contribution in [3.05, 3.63) is 35.6 Å². The topological polar surface area (TPSA) is 43.8 Å². The predicted octanol–water partition coefficient (Wildman–Crippen LogP) is 2.94. The lowest BCUT2D eigenvalue weighted by Crippen LogP contribution is -2.59. The Kier molecular flexibility index (Phi) is 5.40. The van der Waals surface area contributed by atoms with Crippen molar-refractivity contribution < 1.29 is 14.3 Å². The zero-order valence-electron chi connectivity index (χ0n) is 16.2. The van der Waals surface area contributed by atoms with Gasteiger partial charge in [-0.15, -0.1) is 0 Å². The maximum Gasteiger partial charge on any atom is 0.233 e. The van der Waals surface area contributed by atoms with Crippen molar-refractivity contribution in [2.75, 3.05) is 26.2 Å². The zero-order valence-corrected chi connectivity index (χ0v) is 16.2. The summed E-state index contributed by atoms with van der Waals surface area (Å²) < 4.78 is 13.8. The summed E-state index contributed by atoms with van der Waals surface area (Å²) in [6, 6.07) is 6.79. The van der Waals surface area contributed by atoms with Crippen LogP contribution in [-0.4, -0.2) is 58.6 Å². The van der Waals surface area contributed by atoms with E-state index in [1.165, 1.54) is 12.1 Å². The van der Waals surface area contributed by atoms with Gasteiger partial charge in [0.15, 0.2) is 0 Å². The second-order valence-electron chi connectivity index (χ2n) is 8.68. The molecule has 5 heteroatoms. The number of halogens is 1. The Morgan fingerprint density at radius 3 is 2.58 bits per heavy atom. The number of carbonyl (C=O) groups is 1. The summed E-state index contributed by atoms with van der Waals surface area (Å²) in [6.07, 6.45) is 3.62. The Balaban J connectivity index is 1.77. The number of aliphatic hydroxyl groups is 1. The summed E-state index contributed by atoms with van der Waals surface area (Å²) in [4.78, 5) is 17.7. The maximum absolute atomic E-state index is 13.8. The van der Waals surface area contributed by atoms with Gasteiger partial charge in [-0.05, 0) is 51.3 Å². The van der Waals surface area contributed by atoms with Crippen molar-refractivity contribution in [1.29, 1.82) is 0 Å². The van der Waals surface area contributed by atoms with E-state index in [4.69, 9.17) is 0 Å². The molecule has 2 fully saturated rings. The molecular formula is C21H31FN2O2. The third-order valence-corrected chi connectivity index (χ3v) is 5.89. The standard InChI is InChI=1S/C21H31FN2O2/c1-16-14-23(11-12-24(16)15-20(2,3)26)19(25)21(9-4-5-10-21)17-7-6-8-18(22)13-17/h6-8,13,16,26H,4-5,9-12,14-15H2,1-3H3. The third-order valence-electron chi connectivity index (χ3n) is 5.89. The lowest BCUT2D eigenvalue weighted by Gasteiger charge is -2.44. The van der Waals surface area contributed by atoms with Crippen LogP contribution in [0, 0.1) is 5.82 Å². The van der Waals surface area contributed by atoms with Crippen molar-refractivity contribution in [2.45, 2.75) is 63.5 Å². The summed E-state index contributed by atoms with van der Waals surface area (Å²) in [6.45, 7) is 8.42. The number of benzene rings is 1. The monoisotopic (exact) mass is 362 g/mol. The molecule has 1 amide bonds. The van der Waals surface area contributed by atoms with Crippen molar-refractivity contribution in [2.24, 2.45) is 0 Å². The molecule has 2 aliphatic rings. The molecule has 1 aromatic carbocycles. The van der Waals surface area contributed by atoms with Gasteiger partial charge in [0.05, 0.1) is 11.0 Å². The Morgan fingerprint density at radius 2 is 2.00 bits per heavy atom. The Morgan fingerprint density at radius 1 is 1.31 bits per heavy atom. The van der Waals surface area contributed by atoms with Crippen molar-refractivity contribution in [3.63, 3.8) is 0 Å². The van der Waals surface area contributed by atoms with Crippen molar-refractivity contribution >= 4 is 5.91 Å². The van der Waals surface area contributed by atoms with E-state index in [0.717, 1.165) is 37.8 Å². The van der Waals surface area contributed by atoms with E-state index in [-0.39, 0.29) is 17.8 Å². The summed E-state index contributed by atoms with van der Waals surface area (Å²) in [5.41, 5.74) is -0.485. The highest BCUT2D eigenvalue weighted by Crippen LogP contribution is 2.43. The molecule has 1 heterocycles. The molecule has 1 N–H and O–H groups in total. The van der Waals surface area contributed by atoms with E-state index in [2.05, 4.69) is 11.8 Å². The van der Waals surface area contributed by atoms with Gasteiger partial charge in [0.25, 0.3) is 0 Å². The summed E-state index contributed by atoms with van der Waals surface area (Å²) in [5.74, 6) is -0.125. The highest BCUT2D eigenvalue weighted by molar-refractivity contribution is 5.88. The Hall–Kier alpha value is -1.46. The first kappa shape index (κ1) is 19.3. The van der Waals surface area contributed by atoms with Crippen LogP contribution in [0.2, 0.25) is 0 Å². The summed E-state index contributed by atoms with van der Waals surface area (Å²) in [5, 5.41) is 10.1. The van der Waals surface area contributed by atoms with Crippen LogP contribution >= 0.6 is 0 Å². The fourth-order valence-corrected chi connectivity index (χ4v) is 4.60. The lowest BCUT2D eigenvalue weighted by atomic mass is 9.77. The van der Waals surface area contributed by atoms with E-state index < -0.39 is 11.0 Å². The molecule has 26 heavy (non-hydrogen) atoms. The molecular weight excluding hydrogens is 331 g/mol. The number of nitrogens with zero attached hydrogens (tertiary/aromatic N) is 2. The molecule has 1 saturated heterocycles.